The highest BCUT2D eigenvalue weighted by Gasteiger charge is 2.29. The first-order chi connectivity index (χ1) is 13.5. The third kappa shape index (κ3) is 5.93. The molecule has 0 radical (unpaired) electrons. The van der Waals surface area contributed by atoms with Gasteiger partial charge in [0.05, 0.1) is 18.8 Å². The Morgan fingerprint density at radius 1 is 1.17 bits per heavy atom. The summed E-state index contributed by atoms with van der Waals surface area (Å²) >= 11 is 0. The van der Waals surface area contributed by atoms with E-state index in [0.29, 0.717) is 26.2 Å². The smallest absolute Gasteiger partial charge is 0.330 e. The van der Waals surface area contributed by atoms with E-state index >= 15 is 0 Å². The fraction of sp³-hybridized carbons (Fsp3) is 0.750. The predicted octanol–water partition coefficient (Wildman–Crippen LogP) is 0.873. The number of H-pyrrole nitrogens is 1. The van der Waals surface area contributed by atoms with E-state index in [2.05, 4.69) is 4.98 Å². The Kier molecular flexibility index (Phi) is 7.65. The van der Waals surface area contributed by atoms with Gasteiger partial charge in [0.25, 0.3) is 5.56 Å². The highest BCUT2D eigenvalue weighted by molar-refractivity contribution is 5.96. The van der Waals surface area contributed by atoms with Crippen LogP contribution in [0, 0.1) is 11.8 Å². The lowest BCUT2D eigenvalue weighted by atomic mass is 10.1. The van der Waals surface area contributed by atoms with Crippen LogP contribution in [0.2, 0.25) is 0 Å². The molecule has 0 aliphatic carbocycles. The molecule has 0 aromatic carbocycles. The van der Waals surface area contributed by atoms with E-state index < -0.39 is 11.2 Å². The molecule has 164 valence electrons. The van der Waals surface area contributed by atoms with Crippen molar-refractivity contribution in [1.82, 2.24) is 14.5 Å². The van der Waals surface area contributed by atoms with Gasteiger partial charge in [0.1, 0.15) is 5.82 Å². The fourth-order valence-corrected chi connectivity index (χ4v) is 3.76. The van der Waals surface area contributed by atoms with Crippen molar-refractivity contribution in [1.29, 1.82) is 0 Å². The lowest BCUT2D eigenvalue weighted by molar-refractivity contribution is -0.123. The number of anilines is 2. The van der Waals surface area contributed by atoms with Crippen molar-refractivity contribution in [2.75, 3.05) is 36.8 Å². The molecule has 9 nitrogen and oxygen atoms in total. The van der Waals surface area contributed by atoms with E-state index in [-0.39, 0.29) is 48.0 Å². The van der Waals surface area contributed by atoms with Crippen molar-refractivity contribution < 1.29 is 9.53 Å². The summed E-state index contributed by atoms with van der Waals surface area (Å²) in [6, 6.07) is 0. The van der Waals surface area contributed by atoms with E-state index in [1.807, 2.05) is 46.4 Å². The van der Waals surface area contributed by atoms with Crippen molar-refractivity contribution >= 4 is 17.4 Å². The number of morpholine rings is 1. The molecule has 3 N–H and O–H groups in total. The molecule has 2 atom stereocenters. The first-order valence-corrected chi connectivity index (χ1v) is 10.3. The highest BCUT2D eigenvalue weighted by atomic mass is 16.5. The van der Waals surface area contributed by atoms with E-state index in [1.165, 1.54) is 9.47 Å². The van der Waals surface area contributed by atoms with Gasteiger partial charge in [0.2, 0.25) is 5.91 Å². The standard InChI is InChI=1S/C20H35N5O4/c1-12(2)7-24(16(26)11-23-9-14(5)29-15(6)10-23)17-18(21)25(8-13(3)4)20(28)22-19(17)27/h12-15H,7-11,21H2,1-6H3,(H,22,27,28). The molecule has 1 aliphatic heterocycles. The zero-order chi connectivity index (χ0) is 21.9. The minimum absolute atomic E-state index is 0.0326. The van der Waals surface area contributed by atoms with Crippen LogP contribution in [0.5, 0.6) is 0 Å². The summed E-state index contributed by atoms with van der Waals surface area (Å²) in [6.07, 6.45) is 0.0676. The zero-order valence-corrected chi connectivity index (χ0v) is 18.4. The van der Waals surface area contributed by atoms with Gasteiger partial charge in [-0.15, -0.1) is 0 Å². The summed E-state index contributed by atoms with van der Waals surface area (Å²) in [6.45, 7) is 13.9. The molecule has 29 heavy (non-hydrogen) atoms. The van der Waals surface area contributed by atoms with Gasteiger partial charge < -0.3 is 15.4 Å². The third-order valence-electron chi connectivity index (χ3n) is 4.73. The maximum Gasteiger partial charge on any atom is 0.330 e. The lowest BCUT2D eigenvalue weighted by Gasteiger charge is -2.36. The molecule has 0 spiro atoms. The number of ether oxygens (including phenoxy) is 1. The molecule has 1 aromatic rings. The molecule has 1 amide bonds. The molecular formula is C20H35N5O4. The molecule has 1 aromatic heterocycles. The SMILES string of the molecule is CC(C)CN(C(=O)CN1CC(C)OC(C)C1)c1c(N)n(CC(C)C)c(=O)[nH]c1=O. The Labute approximate surface area is 171 Å². The minimum atomic E-state index is -0.634. The van der Waals surface area contributed by atoms with Crippen LogP contribution in [0.25, 0.3) is 0 Å². The minimum Gasteiger partial charge on any atom is -0.383 e. The molecular weight excluding hydrogens is 374 g/mol. The largest absolute Gasteiger partial charge is 0.383 e. The van der Waals surface area contributed by atoms with Gasteiger partial charge >= 0.3 is 5.69 Å². The summed E-state index contributed by atoms with van der Waals surface area (Å²) in [5.74, 6) is 0.0854. The Morgan fingerprint density at radius 2 is 1.76 bits per heavy atom. The van der Waals surface area contributed by atoms with Gasteiger partial charge in [0.15, 0.2) is 5.69 Å². The second kappa shape index (κ2) is 9.58. The van der Waals surface area contributed by atoms with E-state index in [0.717, 1.165) is 0 Å². The quantitative estimate of drug-likeness (QED) is 0.691. The number of rotatable bonds is 7. The highest BCUT2D eigenvalue weighted by Crippen LogP contribution is 2.20. The van der Waals surface area contributed by atoms with Gasteiger partial charge in [-0.05, 0) is 25.7 Å². The van der Waals surface area contributed by atoms with Gasteiger partial charge in [-0.25, -0.2) is 4.79 Å². The Balaban J connectivity index is 2.40. The average molecular weight is 410 g/mol. The molecule has 0 bridgehead atoms. The summed E-state index contributed by atoms with van der Waals surface area (Å²) < 4.78 is 7.07. The van der Waals surface area contributed by atoms with E-state index in [1.54, 1.807) is 0 Å². The monoisotopic (exact) mass is 409 g/mol. The van der Waals surface area contributed by atoms with Crippen molar-refractivity contribution in [2.24, 2.45) is 11.8 Å². The molecule has 1 saturated heterocycles. The third-order valence-corrected chi connectivity index (χ3v) is 4.73. The van der Waals surface area contributed by atoms with Crippen LogP contribution in [0.15, 0.2) is 9.59 Å². The number of amides is 1. The Morgan fingerprint density at radius 3 is 2.28 bits per heavy atom. The predicted molar refractivity (Wildman–Crippen MR) is 114 cm³/mol. The zero-order valence-electron chi connectivity index (χ0n) is 18.4. The van der Waals surface area contributed by atoms with Crippen LogP contribution in [0.4, 0.5) is 11.5 Å². The second-order valence-corrected chi connectivity index (χ2v) is 8.85. The van der Waals surface area contributed by atoms with Gasteiger partial charge in [0, 0.05) is 26.2 Å². The molecule has 9 heteroatoms. The van der Waals surface area contributed by atoms with Crippen LogP contribution in [0.1, 0.15) is 41.5 Å². The molecule has 1 fully saturated rings. The number of nitrogens with two attached hydrogens (primary N) is 1. The van der Waals surface area contributed by atoms with Crippen molar-refractivity contribution in [2.45, 2.75) is 60.3 Å². The number of nitrogens with zero attached hydrogens (tertiary/aromatic N) is 3. The van der Waals surface area contributed by atoms with Crippen molar-refractivity contribution in [3.05, 3.63) is 20.8 Å². The Hall–Kier alpha value is -2.13. The topological polar surface area (TPSA) is 114 Å². The molecule has 0 saturated carbocycles. The second-order valence-electron chi connectivity index (χ2n) is 8.85. The number of nitrogen functional groups attached to an aromatic ring is 1. The Bertz CT molecular complexity index is 819. The van der Waals surface area contributed by atoms with Crippen molar-refractivity contribution in [3.63, 3.8) is 0 Å². The summed E-state index contributed by atoms with van der Waals surface area (Å²) in [7, 11) is 0. The van der Waals surface area contributed by atoms with Crippen LogP contribution in [0.3, 0.4) is 0 Å². The van der Waals surface area contributed by atoms with Crippen LogP contribution in [-0.4, -0.2) is 58.7 Å². The maximum atomic E-state index is 13.2. The normalized spacial score (nSPS) is 20.4. The number of aromatic amines is 1. The van der Waals surface area contributed by atoms with Gasteiger partial charge in [-0.3, -0.25) is 24.0 Å². The summed E-state index contributed by atoms with van der Waals surface area (Å²) in [5.41, 5.74) is 5.10. The molecule has 2 unspecified atom stereocenters. The van der Waals surface area contributed by atoms with Crippen molar-refractivity contribution in [3.8, 4) is 0 Å². The number of hydrogen-bond acceptors (Lipinski definition) is 6. The first kappa shape index (κ1) is 23.2. The molecule has 2 rings (SSSR count). The number of aromatic nitrogens is 2. The van der Waals surface area contributed by atoms with Gasteiger partial charge in [-0.1, -0.05) is 27.7 Å². The number of carbonyl (C=O) groups excluding carboxylic acids is 1. The van der Waals surface area contributed by atoms with E-state index in [9.17, 15) is 14.4 Å². The maximum absolute atomic E-state index is 13.2. The number of nitrogens with one attached hydrogen (secondary N) is 1. The van der Waals surface area contributed by atoms with E-state index in [4.69, 9.17) is 10.5 Å². The van der Waals surface area contributed by atoms with Crippen LogP contribution >= 0.6 is 0 Å². The van der Waals surface area contributed by atoms with Gasteiger partial charge in [-0.2, -0.15) is 0 Å². The fourth-order valence-electron chi connectivity index (χ4n) is 3.76. The lowest BCUT2D eigenvalue weighted by Crippen LogP contribution is -2.51. The first-order valence-electron chi connectivity index (χ1n) is 10.3. The van der Waals surface area contributed by atoms with Crippen LogP contribution in [-0.2, 0) is 16.1 Å². The number of hydrogen-bond donors (Lipinski definition) is 2. The molecule has 2 heterocycles. The number of carbonyl (C=O) groups is 1. The average Bonchev–Trinajstić information content (AvgIpc) is 2.56. The van der Waals surface area contributed by atoms with Crippen LogP contribution < -0.4 is 21.9 Å². The summed E-state index contributed by atoms with van der Waals surface area (Å²) in [5, 5.41) is 0. The molecule has 1 aliphatic rings. The summed E-state index contributed by atoms with van der Waals surface area (Å²) in [4.78, 5) is 43.9.